The van der Waals surface area contributed by atoms with Crippen LogP contribution >= 0.6 is 0 Å². The lowest BCUT2D eigenvalue weighted by atomic mass is 10.2. The zero-order valence-electron chi connectivity index (χ0n) is 12.9. The molecule has 0 aliphatic heterocycles. The first-order chi connectivity index (χ1) is 10.1. The lowest BCUT2D eigenvalue weighted by molar-refractivity contribution is 0.181. The van der Waals surface area contributed by atoms with Crippen LogP contribution in [0.4, 0.5) is 5.82 Å². The van der Waals surface area contributed by atoms with Crippen molar-refractivity contribution >= 4 is 5.82 Å². The Bertz CT molecular complexity index is 570. The zero-order valence-corrected chi connectivity index (χ0v) is 12.9. The van der Waals surface area contributed by atoms with E-state index in [4.69, 9.17) is 9.26 Å². The number of aromatic nitrogens is 4. The highest BCUT2D eigenvalue weighted by molar-refractivity contribution is 5.37. The van der Waals surface area contributed by atoms with Crippen molar-refractivity contribution in [3.05, 3.63) is 29.8 Å². The molecular formula is C14H21N5O2. The maximum Gasteiger partial charge on any atom is 0.229 e. The van der Waals surface area contributed by atoms with E-state index < -0.39 is 0 Å². The highest BCUT2D eigenvalue weighted by atomic mass is 16.5. The summed E-state index contributed by atoms with van der Waals surface area (Å²) in [5.41, 5.74) is 0.857. The molecule has 0 N–H and O–H groups in total. The molecule has 0 saturated heterocycles. The van der Waals surface area contributed by atoms with Gasteiger partial charge in [-0.2, -0.15) is 4.98 Å². The van der Waals surface area contributed by atoms with Crippen molar-refractivity contribution in [3.63, 3.8) is 0 Å². The summed E-state index contributed by atoms with van der Waals surface area (Å²) in [5.74, 6) is 2.50. The Labute approximate surface area is 124 Å². The SMILES string of the molecule is COCc1cc(N(C)CCc2noc(C(C)C)n2)ncn1. The van der Waals surface area contributed by atoms with Gasteiger partial charge in [0.15, 0.2) is 5.82 Å². The van der Waals surface area contributed by atoms with Crippen LogP contribution in [0.5, 0.6) is 0 Å². The van der Waals surface area contributed by atoms with Gasteiger partial charge in [-0.1, -0.05) is 19.0 Å². The summed E-state index contributed by atoms with van der Waals surface area (Å²) < 4.78 is 10.3. The molecule has 0 unspecified atom stereocenters. The Morgan fingerprint density at radius 3 is 2.81 bits per heavy atom. The standard InChI is InChI=1S/C14H21N5O2/c1-10(2)14-17-12(18-21-14)5-6-19(3)13-7-11(8-20-4)15-9-16-13/h7,9-10H,5-6,8H2,1-4H3. The molecule has 0 aliphatic carbocycles. The van der Waals surface area contributed by atoms with Gasteiger partial charge in [0.2, 0.25) is 5.89 Å². The number of ether oxygens (including phenoxy) is 1. The number of hydrogen-bond donors (Lipinski definition) is 0. The van der Waals surface area contributed by atoms with Crippen molar-refractivity contribution in [1.29, 1.82) is 0 Å². The van der Waals surface area contributed by atoms with Gasteiger partial charge in [0.25, 0.3) is 0 Å². The number of likely N-dealkylation sites (N-methyl/N-ethyl adjacent to an activating group) is 1. The van der Waals surface area contributed by atoms with Crippen LogP contribution in [-0.4, -0.2) is 40.8 Å². The summed E-state index contributed by atoms with van der Waals surface area (Å²) in [4.78, 5) is 14.8. The molecule has 0 amide bonds. The molecule has 0 radical (unpaired) electrons. The Morgan fingerprint density at radius 1 is 1.33 bits per heavy atom. The average molecular weight is 291 g/mol. The monoisotopic (exact) mass is 291 g/mol. The number of nitrogens with zero attached hydrogens (tertiary/aromatic N) is 5. The summed E-state index contributed by atoms with van der Waals surface area (Å²) in [6.45, 7) is 5.29. The molecule has 114 valence electrons. The van der Waals surface area contributed by atoms with Crippen molar-refractivity contribution in [1.82, 2.24) is 20.1 Å². The predicted octanol–water partition coefficient (Wildman–Crippen LogP) is 1.81. The quantitative estimate of drug-likeness (QED) is 0.769. The molecule has 2 rings (SSSR count). The highest BCUT2D eigenvalue weighted by Crippen LogP contribution is 2.13. The zero-order chi connectivity index (χ0) is 15.2. The average Bonchev–Trinajstić information content (AvgIpc) is 2.94. The van der Waals surface area contributed by atoms with Gasteiger partial charge in [0.05, 0.1) is 12.3 Å². The second-order valence-electron chi connectivity index (χ2n) is 5.18. The molecule has 0 saturated carbocycles. The van der Waals surface area contributed by atoms with Crippen LogP contribution in [0.2, 0.25) is 0 Å². The van der Waals surface area contributed by atoms with E-state index in [1.54, 1.807) is 13.4 Å². The predicted molar refractivity (Wildman–Crippen MR) is 78.1 cm³/mol. The third-order valence-corrected chi connectivity index (χ3v) is 3.04. The van der Waals surface area contributed by atoms with Gasteiger partial charge in [-0.05, 0) is 0 Å². The second kappa shape index (κ2) is 7.12. The number of anilines is 1. The molecule has 7 nitrogen and oxygen atoms in total. The molecule has 2 aromatic heterocycles. The molecule has 0 aromatic carbocycles. The van der Waals surface area contributed by atoms with Crippen LogP contribution in [0.3, 0.4) is 0 Å². The van der Waals surface area contributed by atoms with Crippen LogP contribution in [0.1, 0.15) is 37.2 Å². The first-order valence-electron chi connectivity index (χ1n) is 6.93. The molecule has 2 heterocycles. The van der Waals surface area contributed by atoms with Gasteiger partial charge < -0.3 is 14.2 Å². The molecule has 21 heavy (non-hydrogen) atoms. The van der Waals surface area contributed by atoms with Gasteiger partial charge >= 0.3 is 0 Å². The van der Waals surface area contributed by atoms with E-state index in [9.17, 15) is 0 Å². The molecule has 0 aliphatic rings. The topological polar surface area (TPSA) is 77.2 Å². The van der Waals surface area contributed by atoms with Crippen molar-refractivity contribution in [3.8, 4) is 0 Å². The van der Waals surface area contributed by atoms with E-state index in [1.165, 1.54) is 0 Å². The highest BCUT2D eigenvalue weighted by Gasteiger charge is 2.11. The van der Waals surface area contributed by atoms with Gasteiger partial charge in [0, 0.05) is 39.1 Å². The molecule has 0 atom stereocenters. The van der Waals surface area contributed by atoms with E-state index in [1.807, 2.05) is 31.9 Å². The number of methoxy groups -OCH3 is 1. The van der Waals surface area contributed by atoms with E-state index in [0.29, 0.717) is 18.9 Å². The lowest BCUT2D eigenvalue weighted by Gasteiger charge is -2.17. The fourth-order valence-corrected chi connectivity index (χ4v) is 1.81. The second-order valence-corrected chi connectivity index (χ2v) is 5.18. The van der Waals surface area contributed by atoms with Gasteiger partial charge in [0.1, 0.15) is 12.1 Å². The Hall–Kier alpha value is -2.02. The number of rotatable bonds is 7. The van der Waals surface area contributed by atoms with Gasteiger partial charge in [-0.15, -0.1) is 0 Å². The fourth-order valence-electron chi connectivity index (χ4n) is 1.81. The molecular weight excluding hydrogens is 270 g/mol. The summed E-state index contributed by atoms with van der Waals surface area (Å²) in [6.07, 6.45) is 2.25. The molecule has 0 bridgehead atoms. The van der Waals surface area contributed by atoms with Gasteiger partial charge in [-0.25, -0.2) is 9.97 Å². The maximum atomic E-state index is 5.19. The Morgan fingerprint density at radius 2 is 2.14 bits per heavy atom. The molecule has 0 fully saturated rings. The summed E-state index contributed by atoms with van der Waals surface area (Å²) >= 11 is 0. The smallest absolute Gasteiger partial charge is 0.229 e. The third-order valence-electron chi connectivity index (χ3n) is 3.04. The van der Waals surface area contributed by atoms with Crippen molar-refractivity contribution in [2.45, 2.75) is 32.8 Å². The van der Waals surface area contributed by atoms with Crippen LogP contribution < -0.4 is 4.90 Å². The third kappa shape index (κ3) is 4.22. The summed E-state index contributed by atoms with van der Waals surface area (Å²) in [7, 11) is 3.62. The largest absolute Gasteiger partial charge is 0.378 e. The number of hydrogen-bond acceptors (Lipinski definition) is 7. The van der Waals surface area contributed by atoms with Crippen LogP contribution in [0, 0.1) is 0 Å². The summed E-state index contributed by atoms with van der Waals surface area (Å²) in [6, 6.07) is 1.92. The fraction of sp³-hybridized carbons (Fsp3) is 0.571. The van der Waals surface area contributed by atoms with E-state index in [-0.39, 0.29) is 5.92 Å². The van der Waals surface area contributed by atoms with Crippen molar-refractivity contribution < 1.29 is 9.26 Å². The minimum Gasteiger partial charge on any atom is -0.378 e. The Balaban J connectivity index is 1.94. The van der Waals surface area contributed by atoms with E-state index >= 15 is 0 Å². The normalized spacial score (nSPS) is 11.1. The Kier molecular flexibility index (Phi) is 5.21. The molecule has 0 spiro atoms. The minimum absolute atomic E-state index is 0.252. The van der Waals surface area contributed by atoms with Crippen LogP contribution in [0.25, 0.3) is 0 Å². The first kappa shape index (κ1) is 15.4. The van der Waals surface area contributed by atoms with Crippen molar-refractivity contribution in [2.75, 3.05) is 25.6 Å². The van der Waals surface area contributed by atoms with E-state index in [0.717, 1.165) is 23.9 Å². The van der Waals surface area contributed by atoms with E-state index in [2.05, 4.69) is 20.1 Å². The maximum absolute atomic E-state index is 5.19. The van der Waals surface area contributed by atoms with Gasteiger partial charge in [-0.3, -0.25) is 0 Å². The lowest BCUT2D eigenvalue weighted by Crippen LogP contribution is -2.22. The minimum atomic E-state index is 0.252. The summed E-state index contributed by atoms with van der Waals surface area (Å²) in [5, 5.41) is 3.98. The van der Waals surface area contributed by atoms with Crippen LogP contribution in [0.15, 0.2) is 16.9 Å². The van der Waals surface area contributed by atoms with Crippen molar-refractivity contribution in [2.24, 2.45) is 0 Å². The first-order valence-corrected chi connectivity index (χ1v) is 6.93. The van der Waals surface area contributed by atoms with Crippen LogP contribution in [-0.2, 0) is 17.8 Å². The molecule has 2 aromatic rings. The molecule has 7 heteroatoms.